The standard InChI is InChI=1S/C11H25N5O/c1-17-10-6-14-11(15-12)13-5-4-9-16-7-2-3-8-16/h2-10,12H2,1H3,(H2,13,14,15). The zero-order valence-electron chi connectivity index (χ0n) is 10.7. The molecule has 0 aromatic rings. The van der Waals surface area contributed by atoms with Crippen molar-refractivity contribution < 1.29 is 4.74 Å². The first-order chi connectivity index (χ1) is 8.36. The Morgan fingerprint density at radius 3 is 2.82 bits per heavy atom. The van der Waals surface area contributed by atoms with Gasteiger partial charge in [0.05, 0.1) is 6.61 Å². The number of likely N-dealkylation sites (tertiary alicyclic amines) is 1. The molecule has 0 unspecified atom stereocenters. The molecule has 0 radical (unpaired) electrons. The molecule has 0 saturated carbocycles. The van der Waals surface area contributed by atoms with Crippen LogP contribution in [0.25, 0.3) is 0 Å². The number of nitrogens with zero attached hydrogens (tertiary/aromatic N) is 2. The summed E-state index contributed by atoms with van der Waals surface area (Å²) in [5.41, 5.74) is 2.56. The largest absolute Gasteiger partial charge is 0.383 e. The van der Waals surface area contributed by atoms with Gasteiger partial charge in [0, 0.05) is 20.2 Å². The van der Waals surface area contributed by atoms with E-state index in [-0.39, 0.29) is 0 Å². The number of ether oxygens (including phenoxy) is 1. The van der Waals surface area contributed by atoms with E-state index in [4.69, 9.17) is 10.6 Å². The van der Waals surface area contributed by atoms with Crippen molar-refractivity contribution in [3.63, 3.8) is 0 Å². The minimum Gasteiger partial charge on any atom is -0.383 e. The average Bonchev–Trinajstić information content (AvgIpc) is 2.85. The molecule has 4 N–H and O–H groups in total. The molecule has 0 bridgehead atoms. The maximum Gasteiger partial charge on any atom is 0.205 e. The van der Waals surface area contributed by atoms with E-state index in [9.17, 15) is 0 Å². The van der Waals surface area contributed by atoms with Crippen LogP contribution in [0.4, 0.5) is 0 Å². The molecule has 1 fully saturated rings. The maximum absolute atomic E-state index is 5.36. The third-order valence-corrected chi connectivity index (χ3v) is 2.84. The van der Waals surface area contributed by atoms with Crippen molar-refractivity contribution in [3.8, 4) is 0 Å². The first-order valence-electron chi connectivity index (χ1n) is 6.33. The lowest BCUT2D eigenvalue weighted by atomic mass is 10.4. The number of rotatable bonds is 7. The molecule has 6 nitrogen and oxygen atoms in total. The molecule has 1 aliphatic rings. The molecule has 1 aliphatic heterocycles. The normalized spacial score (nSPS) is 17.4. The van der Waals surface area contributed by atoms with Gasteiger partial charge in [-0.25, -0.2) is 5.84 Å². The van der Waals surface area contributed by atoms with Crippen molar-refractivity contribution in [2.75, 3.05) is 46.4 Å². The predicted octanol–water partition coefficient (Wildman–Crippen LogP) is -0.472. The highest BCUT2D eigenvalue weighted by molar-refractivity contribution is 5.79. The van der Waals surface area contributed by atoms with Crippen LogP contribution < -0.4 is 16.6 Å². The van der Waals surface area contributed by atoms with Crippen molar-refractivity contribution in [1.29, 1.82) is 0 Å². The number of aliphatic imine (C=N–C) groups is 1. The Hall–Kier alpha value is -0.850. The number of hydrogen-bond acceptors (Lipinski definition) is 4. The van der Waals surface area contributed by atoms with Gasteiger partial charge in [0.15, 0.2) is 0 Å². The van der Waals surface area contributed by atoms with E-state index < -0.39 is 0 Å². The zero-order chi connectivity index (χ0) is 12.3. The van der Waals surface area contributed by atoms with Gasteiger partial charge in [0.2, 0.25) is 5.96 Å². The fraction of sp³-hybridized carbons (Fsp3) is 0.909. The minimum atomic E-state index is 0.642. The Bertz CT molecular complexity index is 216. The Balaban J connectivity index is 2.06. The van der Waals surface area contributed by atoms with Crippen LogP contribution in [0.2, 0.25) is 0 Å². The summed E-state index contributed by atoms with van der Waals surface area (Å²) in [6, 6.07) is 0. The van der Waals surface area contributed by atoms with Gasteiger partial charge in [-0.2, -0.15) is 0 Å². The predicted molar refractivity (Wildman–Crippen MR) is 69.8 cm³/mol. The number of hydrogen-bond donors (Lipinski definition) is 3. The van der Waals surface area contributed by atoms with Crippen molar-refractivity contribution >= 4 is 5.96 Å². The smallest absolute Gasteiger partial charge is 0.205 e. The van der Waals surface area contributed by atoms with Crippen LogP contribution in [0, 0.1) is 0 Å². The molecule has 1 rings (SSSR count). The number of guanidine groups is 1. The summed E-state index contributed by atoms with van der Waals surface area (Å²) in [7, 11) is 1.67. The lowest BCUT2D eigenvalue weighted by Gasteiger charge is -2.13. The van der Waals surface area contributed by atoms with E-state index >= 15 is 0 Å². The van der Waals surface area contributed by atoms with E-state index in [0.29, 0.717) is 19.1 Å². The van der Waals surface area contributed by atoms with E-state index in [1.54, 1.807) is 7.11 Å². The molecule has 0 atom stereocenters. The van der Waals surface area contributed by atoms with E-state index in [2.05, 4.69) is 20.6 Å². The van der Waals surface area contributed by atoms with E-state index in [1.165, 1.54) is 25.9 Å². The molecule has 6 heteroatoms. The summed E-state index contributed by atoms with van der Waals surface area (Å²) in [5.74, 6) is 6.01. The van der Waals surface area contributed by atoms with Gasteiger partial charge in [-0.05, 0) is 38.9 Å². The summed E-state index contributed by atoms with van der Waals surface area (Å²) in [6.45, 7) is 5.80. The van der Waals surface area contributed by atoms with Gasteiger partial charge in [-0.1, -0.05) is 0 Å². The highest BCUT2D eigenvalue weighted by atomic mass is 16.5. The van der Waals surface area contributed by atoms with Crippen LogP contribution in [0.15, 0.2) is 4.99 Å². The Kier molecular flexibility index (Phi) is 7.70. The monoisotopic (exact) mass is 243 g/mol. The second kappa shape index (κ2) is 9.21. The van der Waals surface area contributed by atoms with Gasteiger partial charge < -0.3 is 15.0 Å². The molecule has 0 amide bonds. The van der Waals surface area contributed by atoms with Gasteiger partial charge in [0.25, 0.3) is 0 Å². The second-order valence-corrected chi connectivity index (χ2v) is 4.20. The quantitative estimate of drug-likeness (QED) is 0.185. The van der Waals surface area contributed by atoms with Crippen LogP contribution in [0.1, 0.15) is 19.3 Å². The summed E-state index contributed by atoms with van der Waals surface area (Å²) < 4.78 is 4.94. The highest BCUT2D eigenvalue weighted by Crippen LogP contribution is 2.07. The molecule has 17 heavy (non-hydrogen) atoms. The first-order valence-corrected chi connectivity index (χ1v) is 6.33. The van der Waals surface area contributed by atoms with Crippen LogP contribution in [0.3, 0.4) is 0 Å². The van der Waals surface area contributed by atoms with Crippen molar-refractivity contribution in [2.45, 2.75) is 19.3 Å². The van der Waals surface area contributed by atoms with Crippen LogP contribution in [-0.2, 0) is 4.74 Å². The zero-order valence-corrected chi connectivity index (χ0v) is 10.7. The number of nitrogens with one attached hydrogen (secondary N) is 2. The van der Waals surface area contributed by atoms with Crippen LogP contribution in [0.5, 0.6) is 0 Å². The second-order valence-electron chi connectivity index (χ2n) is 4.20. The van der Waals surface area contributed by atoms with Crippen LogP contribution >= 0.6 is 0 Å². The van der Waals surface area contributed by atoms with Crippen molar-refractivity contribution in [2.24, 2.45) is 10.8 Å². The number of hydrazine groups is 1. The molecule has 100 valence electrons. The van der Waals surface area contributed by atoms with Crippen molar-refractivity contribution in [3.05, 3.63) is 0 Å². The molecule has 0 aromatic carbocycles. The Labute approximate surface area is 104 Å². The van der Waals surface area contributed by atoms with E-state index in [0.717, 1.165) is 19.5 Å². The van der Waals surface area contributed by atoms with Gasteiger partial charge in [0.1, 0.15) is 0 Å². The fourth-order valence-electron chi connectivity index (χ4n) is 1.92. The average molecular weight is 243 g/mol. The third-order valence-electron chi connectivity index (χ3n) is 2.84. The highest BCUT2D eigenvalue weighted by Gasteiger charge is 2.09. The lowest BCUT2D eigenvalue weighted by Crippen LogP contribution is -2.43. The number of methoxy groups -OCH3 is 1. The minimum absolute atomic E-state index is 0.642. The molecule has 1 heterocycles. The summed E-state index contributed by atoms with van der Waals surface area (Å²) >= 11 is 0. The SMILES string of the molecule is COCCNC(=NCCCN1CCCC1)NN. The summed E-state index contributed by atoms with van der Waals surface area (Å²) in [4.78, 5) is 6.85. The van der Waals surface area contributed by atoms with E-state index in [1.807, 2.05) is 0 Å². The molecule has 0 aliphatic carbocycles. The van der Waals surface area contributed by atoms with Crippen molar-refractivity contribution in [1.82, 2.24) is 15.6 Å². The Morgan fingerprint density at radius 2 is 2.18 bits per heavy atom. The van der Waals surface area contributed by atoms with Crippen LogP contribution in [-0.4, -0.2) is 57.3 Å². The maximum atomic E-state index is 5.36. The topological polar surface area (TPSA) is 74.9 Å². The fourth-order valence-corrected chi connectivity index (χ4v) is 1.92. The van der Waals surface area contributed by atoms with Gasteiger partial charge in [-0.15, -0.1) is 0 Å². The first kappa shape index (κ1) is 14.2. The molecular weight excluding hydrogens is 218 g/mol. The molecule has 0 spiro atoms. The lowest BCUT2D eigenvalue weighted by molar-refractivity contribution is 0.203. The van der Waals surface area contributed by atoms with Gasteiger partial charge >= 0.3 is 0 Å². The summed E-state index contributed by atoms with van der Waals surface area (Å²) in [5, 5.41) is 3.07. The Morgan fingerprint density at radius 1 is 1.41 bits per heavy atom. The molecule has 0 aromatic heterocycles. The molecule has 1 saturated heterocycles. The molecular formula is C11H25N5O. The third kappa shape index (κ3) is 6.45. The summed E-state index contributed by atoms with van der Waals surface area (Å²) in [6.07, 6.45) is 3.77. The number of nitrogens with two attached hydrogens (primary N) is 1. The van der Waals surface area contributed by atoms with Gasteiger partial charge in [-0.3, -0.25) is 10.4 Å².